The largest absolute Gasteiger partial charge is 0.487 e. The Bertz CT molecular complexity index is 415. The van der Waals surface area contributed by atoms with E-state index in [-0.39, 0.29) is 5.60 Å². The third-order valence-corrected chi connectivity index (χ3v) is 5.66. The zero-order valence-corrected chi connectivity index (χ0v) is 12.2. The van der Waals surface area contributed by atoms with E-state index in [0.29, 0.717) is 0 Å². The zero-order valence-electron chi connectivity index (χ0n) is 10.6. The van der Waals surface area contributed by atoms with Crippen LogP contribution in [0.2, 0.25) is 0 Å². The van der Waals surface area contributed by atoms with Crippen LogP contribution in [0.4, 0.5) is 0 Å². The number of benzene rings is 1. The fraction of sp³-hybridized carbons (Fsp3) is 0.625. The van der Waals surface area contributed by atoms with Crippen molar-refractivity contribution >= 4 is 15.9 Å². The molecule has 0 amide bonds. The summed E-state index contributed by atoms with van der Waals surface area (Å²) >= 11 is 3.48. The van der Waals surface area contributed by atoms with Gasteiger partial charge in [-0.25, -0.2) is 0 Å². The van der Waals surface area contributed by atoms with Crippen molar-refractivity contribution in [2.24, 2.45) is 17.8 Å². The van der Waals surface area contributed by atoms with Crippen LogP contribution in [0, 0.1) is 17.8 Å². The predicted molar refractivity (Wildman–Crippen MR) is 75.7 cm³/mol. The first-order chi connectivity index (χ1) is 8.71. The maximum absolute atomic E-state index is 6.45. The predicted octanol–water partition coefficient (Wildman–Crippen LogP) is 4.80. The van der Waals surface area contributed by atoms with Gasteiger partial charge in [-0.05, 0) is 80.5 Å². The molecule has 18 heavy (non-hydrogen) atoms. The van der Waals surface area contributed by atoms with Crippen molar-refractivity contribution in [1.82, 2.24) is 0 Å². The van der Waals surface area contributed by atoms with Gasteiger partial charge < -0.3 is 4.74 Å². The van der Waals surface area contributed by atoms with Gasteiger partial charge in [0.15, 0.2) is 0 Å². The first kappa shape index (κ1) is 11.3. The quantitative estimate of drug-likeness (QED) is 0.763. The molecule has 1 nitrogen and oxygen atoms in total. The first-order valence-electron chi connectivity index (χ1n) is 7.15. The van der Waals surface area contributed by atoms with Gasteiger partial charge in [0.05, 0.1) is 0 Å². The van der Waals surface area contributed by atoms with Crippen LogP contribution in [0.5, 0.6) is 5.75 Å². The van der Waals surface area contributed by atoms with Crippen LogP contribution in [0.3, 0.4) is 0 Å². The molecule has 0 unspecified atom stereocenters. The summed E-state index contributed by atoms with van der Waals surface area (Å²) in [6.07, 6.45) is 8.33. The van der Waals surface area contributed by atoms with E-state index in [9.17, 15) is 0 Å². The van der Waals surface area contributed by atoms with Crippen LogP contribution >= 0.6 is 15.9 Å². The Morgan fingerprint density at radius 1 is 0.889 bits per heavy atom. The van der Waals surface area contributed by atoms with Crippen LogP contribution in [0.25, 0.3) is 0 Å². The standard InChI is InChI=1S/C16H19BrO/c17-14-1-3-15(4-2-14)18-16-8-11-5-12(9-16)7-13(6-11)10-16/h1-4,11-13H,5-10H2. The van der Waals surface area contributed by atoms with Crippen LogP contribution in [0.15, 0.2) is 28.7 Å². The maximum Gasteiger partial charge on any atom is 0.120 e. The number of halogens is 1. The Hall–Kier alpha value is -0.500. The molecule has 1 aromatic rings. The summed E-state index contributed by atoms with van der Waals surface area (Å²) in [5.74, 6) is 3.91. The van der Waals surface area contributed by atoms with E-state index < -0.39 is 0 Å². The average Bonchev–Trinajstić information content (AvgIpc) is 2.30. The van der Waals surface area contributed by atoms with E-state index in [1.54, 1.807) is 0 Å². The Morgan fingerprint density at radius 2 is 1.39 bits per heavy atom. The van der Waals surface area contributed by atoms with Gasteiger partial charge in [-0.15, -0.1) is 0 Å². The van der Waals surface area contributed by atoms with Crippen molar-refractivity contribution in [2.45, 2.75) is 44.1 Å². The molecule has 2 heteroatoms. The molecule has 4 aliphatic rings. The Morgan fingerprint density at radius 3 is 1.89 bits per heavy atom. The normalized spacial score (nSPS) is 41.1. The molecule has 4 fully saturated rings. The highest BCUT2D eigenvalue weighted by Gasteiger charge is 2.52. The summed E-state index contributed by atoms with van der Waals surface area (Å²) in [5.41, 5.74) is 0.183. The minimum absolute atomic E-state index is 0.183. The third-order valence-electron chi connectivity index (χ3n) is 5.13. The second-order valence-corrected chi connectivity index (χ2v) is 7.57. The smallest absolute Gasteiger partial charge is 0.120 e. The molecule has 0 aromatic heterocycles. The van der Waals surface area contributed by atoms with Crippen molar-refractivity contribution in [3.05, 3.63) is 28.7 Å². The summed E-state index contributed by atoms with van der Waals surface area (Å²) in [6, 6.07) is 8.36. The van der Waals surface area contributed by atoms with Gasteiger partial charge in [0.2, 0.25) is 0 Å². The fourth-order valence-corrected chi connectivity index (χ4v) is 5.17. The molecule has 4 saturated carbocycles. The molecule has 0 saturated heterocycles. The summed E-state index contributed by atoms with van der Waals surface area (Å²) in [5, 5.41) is 0. The fourth-order valence-electron chi connectivity index (χ4n) is 4.91. The van der Waals surface area contributed by atoms with Crippen LogP contribution in [-0.4, -0.2) is 5.60 Å². The maximum atomic E-state index is 6.45. The summed E-state index contributed by atoms with van der Waals surface area (Å²) in [4.78, 5) is 0. The zero-order chi connectivity index (χ0) is 12.2. The van der Waals surface area contributed by atoms with E-state index in [0.717, 1.165) is 28.0 Å². The van der Waals surface area contributed by atoms with Gasteiger partial charge in [-0.2, -0.15) is 0 Å². The molecule has 96 valence electrons. The first-order valence-corrected chi connectivity index (χ1v) is 7.95. The summed E-state index contributed by atoms with van der Waals surface area (Å²) in [7, 11) is 0. The molecule has 0 radical (unpaired) electrons. The van der Waals surface area contributed by atoms with Crippen molar-refractivity contribution in [3.63, 3.8) is 0 Å². The molecule has 0 heterocycles. The highest BCUT2D eigenvalue weighted by Crippen LogP contribution is 2.57. The molecule has 1 aromatic carbocycles. The van der Waals surface area contributed by atoms with Crippen molar-refractivity contribution in [3.8, 4) is 5.75 Å². The Kier molecular flexibility index (Phi) is 2.52. The van der Waals surface area contributed by atoms with Gasteiger partial charge in [0.25, 0.3) is 0 Å². The highest BCUT2D eigenvalue weighted by atomic mass is 79.9. The van der Waals surface area contributed by atoms with E-state index in [4.69, 9.17) is 4.74 Å². The molecular weight excluding hydrogens is 288 g/mol. The third kappa shape index (κ3) is 1.89. The van der Waals surface area contributed by atoms with E-state index in [1.807, 2.05) is 0 Å². The van der Waals surface area contributed by atoms with Gasteiger partial charge >= 0.3 is 0 Å². The molecule has 0 aliphatic heterocycles. The number of hydrogen-bond acceptors (Lipinski definition) is 1. The van der Waals surface area contributed by atoms with Crippen LogP contribution < -0.4 is 4.74 Å². The van der Waals surface area contributed by atoms with Crippen LogP contribution in [0.1, 0.15) is 38.5 Å². The Labute approximate surface area is 117 Å². The monoisotopic (exact) mass is 306 g/mol. The van der Waals surface area contributed by atoms with Crippen molar-refractivity contribution < 1.29 is 4.74 Å². The van der Waals surface area contributed by atoms with Crippen molar-refractivity contribution in [1.29, 1.82) is 0 Å². The SMILES string of the molecule is Brc1ccc(OC23CC4CC(CC(C4)C2)C3)cc1. The topological polar surface area (TPSA) is 9.23 Å². The molecule has 0 spiro atoms. The number of rotatable bonds is 2. The van der Waals surface area contributed by atoms with E-state index in [2.05, 4.69) is 40.2 Å². The van der Waals surface area contributed by atoms with E-state index in [1.165, 1.54) is 38.5 Å². The summed E-state index contributed by atoms with van der Waals surface area (Å²) < 4.78 is 7.57. The minimum Gasteiger partial charge on any atom is -0.487 e. The molecular formula is C16H19BrO. The lowest BCUT2D eigenvalue weighted by atomic mass is 9.54. The number of hydrogen-bond donors (Lipinski definition) is 0. The number of ether oxygens (including phenoxy) is 1. The molecule has 4 bridgehead atoms. The second-order valence-electron chi connectivity index (χ2n) is 6.66. The lowest BCUT2D eigenvalue weighted by Gasteiger charge is -2.56. The van der Waals surface area contributed by atoms with Gasteiger partial charge in [0.1, 0.15) is 11.4 Å². The van der Waals surface area contributed by atoms with Gasteiger partial charge in [-0.1, -0.05) is 15.9 Å². The van der Waals surface area contributed by atoms with Gasteiger partial charge in [-0.3, -0.25) is 0 Å². The highest BCUT2D eigenvalue weighted by molar-refractivity contribution is 9.10. The minimum atomic E-state index is 0.183. The molecule has 0 atom stereocenters. The lowest BCUT2D eigenvalue weighted by Crippen LogP contribution is -2.53. The molecule has 5 rings (SSSR count). The molecule has 0 N–H and O–H groups in total. The Balaban J connectivity index is 1.58. The van der Waals surface area contributed by atoms with Crippen molar-refractivity contribution in [2.75, 3.05) is 0 Å². The van der Waals surface area contributed by atoms with E-state index >= 15 is 0 Å². The molecule has 4 aliphatic carbocycles. The average molecular weight is 307 g/mol. The van der Waals surface area contributed by atoms with Gasteiger partial charge in [0, 0.05) is 4.47 Å². The lowest BCUT2D eigenvalue weighted by molar-refractivity contribution is -0.107. The summed E-state index contributed by atoms with van der Waals surface area (Å²) in [6.45, 7) is 0. The van der Waals surface area contributed by atoms with Crippen LogP contribution in [-0.2, 0) is 0 Å². The second kappa shape index (κ2) is 4.00.